The molecule has 0 spiro atoms. The maximum Gasteiger partial charge on any atom is 0.394 e. The number of ketones is 1. The van der Waals surface area contributed by atoms with Crippen LogP contribution in [0.4, 0.5) is 5.69 Å². The van der Waals surface area contributed by atoms with Crippen molar-refractivity contribution in [2.45, 2.75) is 33.1 Å². The molecule has 0 heterocycles. The summed E-state index contributed by atoms with van der Waals surface area (Å²) in [7, 11) is 1.21. The molecule has 0 bridgehead atoms. The molecule has 0 aliphatic heterocycles. The first-order chi connectivity index (χ1) is 16.2. The summed E-state index contributed by atoms with van der Waals surface area (Å²) in [4.78, 5) is 45.8. The number of amides is 1. The monoisotopic (exact) mass is 473 g/mol. The van der Waals surface area contributed by atoms with Crippen LogP contribution in [-0.2, 0) is 20.7 Å². The average molecular weight is 473 g/mol. The minimum Gasteiger partial charge on any atom is -0.507 e. The first-order valence-electron chi connectivity index (χ1n) is 10.6. The van der Waals surface area contributed by atoms with E-state index in [4.69, 9.17) is 19.3 Å². The summed E-state index contributed by atoms with van der Waals surface area (Å²) in [6.45, 7) is 3.68. The molecule has 34 heavy (non-hydrogen) atoms. The van der Waals surface area contributed by atoms with Crippen molar-refractivity contribution in [2.24, 2.45) is 0 Å². The van der Waals surface area contributed by atoms with Gasteiger partial charge in [0, 0.05) is 23.7 Å². The van der Waals surface area contributed by atoms with E-state index in [-0.39, 0.29) is 47.3 Å². The number of carboxylic acids is 1. The topological polar surface area (TPSA) is 148 Å². The fourth-order valence-corrected chi connectivity index (χ4v) is 3.13. The number of rotatable bonds is 11. The molecular formula is C24H27NO9. The Kier molecular flexibility index (Phi) is 9.42. The van der Waals surface area contributed by atoms with E-state index < -0.39 is 17.8 Å². The molecule has 0 saturated carbocycles. The van der Waals surface area contributed by atoms with E-state index in [1.54, 1.807) is 6.07 Å². The molecule has 0 aromatic heterocycles. The molecule has 0 saturated heterocycles. The lowest BCUT2D eigenvalue weighted by Crippen LogP contribution is -2.22. The molecule has 10 nitrogen and oxygen atoms in total. The van der Waals surface area contributed by atoms with Gasteiger partial charge >= 0.3 is 17.8 Å². The van der Waals surface area contributed by atoms with Crippen LogP contribution < -0.4 is 14.8 Å². The molecule has 182 valence electrons. The maximum atomic E-state index is 12.0. The summed E-state index contributed by atoms with van der Waals surface area (Å²) in [6.07, 6.45) is 1.68. The number of hydrogen-bond donors (Lipinski definition) is 3. The van der Waals surface area contributed by atoms with E-state index in [0.717, 1.165) is 6.42 Å². The Morgan fingerprint density at radius 3 is 2.21 bits per heavy atom. The summed E-state index contributed by atoms with van der Waals surface area (Å²) in [6, 6.07) is 7.20. The maximum absolute atomic E-state index is 12.0. The highest BCUT2D eigenvalue weighted by Gasteiger charge is 2.18. The summed E-state index contributed by atoms with van der Waals surface area (Å²) in [5.74, 6) is -3.28. The number of Topliss-reactive ketones (excluding diaryl/α,β-unsaturated/α-hetero) is 1. The number of carbonyl (C=O) groups excluding carboxylic acids is 3. The molecule has 2 aromatic carbocycles. The second kappa shape index (κ2) is 12.2. The number of esters is 1. The number of methoxy groups -OCH3 is 1. The van der Waals surface area contributed by atoms with Gasteiger partial charge in [0.25, 0.3) is 0 Å². The van der Waals surface area contributed by atoms with Gasteiger partial charge in [0.05, 0.1) is 25.9 Å². The normalized spacial score (nSPS) is 10.3. The molecule has 0 aliphatic rings. The van der Waals surface area contributed by atoms with Crippen LogP contribution in [0.15, 0.2) is 30.3 Å². The summed E-state index contributed by atoms with van der Waals surface area (Å²) in [5, 5.41) is 21.3. The molecule has 0 atom stereocenters. The Labute approximate surface area is 196 Å². The SMILES string of the molecule is CCCc1c(OCCCOc2cc(NC(=O)C(=O)O)ccc2C(=O)OC)ccc(C(C)=O)c1O. The second-order valence-electron chi connectivity index (χ2n) is 7.26. The van der Waals surface area contributed by atoms with Gasteiger partial charge in [0.1, 0.15) is 22.8 Å². The van der Waals surface area contributed by atoms with Crippen LogP contribution in [0.2, 0.25) is 0 Å². The van der Waals surface area contributed by atoms with Crippen LogP contribution >= 0.6 is 0 Å². The van der Waals surface area contributed by atoms with Gasteiger partial charge < -0.3 is 29.7 Å². The third kappa shape index (κ3) is 6.71. The molecule has 0 unspecified atom stereocenters. The number of hydrogen-bond acceptors (Lipinski definition) is 8. The second-order valence-corrected chi connectivity index (χ2v) is 7.26. The number of nitrogens with one attached hydrogen (secondary N) is 1. The largest absolute Gasteiger partial charge is 0.507 e. The minimum absolute atomic E-state index is 0.0777. The number of phenols is 1. The van der Waals surface area contributed by atoms with E-state index in [1.807, 2.05) is 6.92 Å². The van der Waals surface area contributed by atoms with Gasteiger partial charge in [-0.3, -0.25) is 9.59 Å². The molecule has 0 aliphatic carbocycles. The van der Waals surface area contributed by atoms with Gasteiger partial charge in [0.2, 0.25) is 0 Å². The number of anilines is 1. The Hall–Kier alpha value is -4.08. The van der Waals surface area contributed by atoms with Crippen LogP contribution in [0, 0.1) is 0 Å². The van der Waals surface area contributed by atoms with Gasteiger partial charge in [-0.25, -0.2) is 9.59 Å². The molecule has 3 N–H and O–H groups in total. The fourth-order valence-electron chi connectivity index (χ4n) is 3.13. The van der Waals surface area contributed by atoms with Crippen molar-refractivity contribution in [1.29, 1.82) is 0 Å². The van der Waals surface area contributed by atoms with E-state index in [2.05, 4.69) is 5.32 Å². The Morgan fingerprint density at radius 1 is 0.971 bits per heavy atom. The first kappa shape index (κ1) is 26.2. The first-order valence-corrected chi connectivity index (χ1v) is 10.6. The van der Waals surface area contributed by atoms with Crippen LogP contribution in [-0.4, -0.2) is 54.2 Å². The summed E-state index contributed by atoms with van der Waals surface area (Å²) >= 11 is 0. The smallest absolute Gasteiger partial charge is 0.394 e. The predicted octanol–water partition coefficient (Wildman–Crippen LogP) is 3.20. The van der Waals surface area contributed by atoms with Gasteiger partial charge in [-0.05, 0) is 37.6 Å². The Bertz CT molecular complexity index is 1080. The molecule has 10 heteroatoms. The molecule has 0 fully saturated rings. The fraction of sp³-hybridized carbons (Fsp3) is 0.333. The standard InChI is InChI=1S/C24H27NO9/c1-4-6-17-19(10-9-16(14(2)26)21(17)27)33-11-5-12-34-20-13-15(25-22(28)23(29)30)7-8-18(20)24(31)32-3/h7-10,13,27H,4-6,11-12H2,1-3H3,(H,25,28)(H,29,30). The highest BCUT2D eigenvalue weighted by atomic mass is 16.5. The molecule has 2 rings (SSSR count). The van der Waals surface area contributed by atoms with Gasteiger partial charge in [-0.15, -0.1) is 0 Å². The highest BCUT2D eigenvalue weighted by Crippen LogP contribution is 2.33. The van der Waals surface area contributed by atoms with Crippen LogP contribution in [0.25, 0.3) is 0 Å². The highest BCUT2D eigenvalue weighted by molar-refractivity contribution is 6.36. The molecule has 1 amide bonds. The minimum atomic E-state index is -1.65. The third-order valence-electron chi connectivity index (χ3n) is 4.76. The number of aromatic hydroxyl groups is 1. The lowest BCUT2D eigenvalue weighted by Gasteiger charge is -2.15. The zero-order valence-corrected chi connectivity index (χ0v) is 19.2. The van der Waals surface area contributed by atoms with E-state index in [0.29, 0.717) is 24.2 Å². The van der Waals surface area contributed by atoms with Crippen molar-refractivity contribution < 1.29 is 43.6 Å². The lowest BCUT2D eigenvalue weighted by molar-refractivity contribution is -0.147. The number of aliphatic carboxylic acids is 1. The molecule has 2 aromatic rings. The number of phenolic OH excluding ortho intramolecular Hbond substituents is 1. The van der Waals surface area contributed by atoms with Crippen molar-refractivity contribution >= 4 is 29.3 Å². The van der Waals surface area contributed by atoms with Crippen molar-refractivity contribution in [3.8, 4) is 17.2 Å². The van der Waals surface area contributed by atoms with E-state index in [1.165, 1.54) is 38.3 Å². The van der Waals surface area contributed by atoms with Crippen LogP contribution in [0.1, 0.15) is 53.0 Å². The van der Waals surface area contributed by atoms with E-state index >= 15 is 0 Å². The molecule has 0 radical (unpaired) electrons. The Morgan fingerprint density at radius 2 is 1.62 bits per heavy atom. The number of carbonyl (C=O) groups is 4. The quantitative estimate of drug-likeness (QED) is 0.194. The summed E-state index contributed by atoms with van der Waals surface area (Å²) < 4.78 is 16.2. The number of benzene rings is 2. The van der Waals surface area contributed by atoms with Crippen LogP contribution in [0.3, 0.4) is 0 Å². The van der Waals surface area contributed by atoms with Crippen molar-refractivity contribution in [3.63, 3.8) is 0 Å². The van der Waals surface area contributed by atoms with Gasteiger partial charge in [-0.1, -0.05) is 13.3 Å². The number of ether oxygens (including phenoxy) is 3. The Balaban J connectivity index is 2.05. The zero-order chi connectivity index (χ0) is 25.3. The van der Waals surface area contributed by atoms with Gasteiger partial charge in [0.15, 0.2) is 5.78 Å². The van der Waals surface area contributed by atoms with Crippen molar-refractivity contribution in [1.82, 2.24) is 0 Å². The average Bonchev–Trinajstić information content (AvgIpc) is 2.80. The molecular weight excluding hydrogens is 446 g/mol. The van der Waals surface area contributed by atoms with Crippen molar-refractivity contribution in [3.05, 3.63) is 47.0 Å². The third-order valence-corrected chi connectivity index (χ3v) is 4.76. The lowest BCUT2D eigenvalue weighted by atomic mass is 10.0. The van der Waals surface area contributed by atoms with E-state index in [9.17, 15) is 24.3 Å². The van der Waals surface area contributed by atoms with Gasteiger partial charge in [-0.2, -0.15) is 0 Å². The predicted molar refractivity (Wildman–Crippen MR) is 122 cm³/mol. The number of carboxylic acid groups (broad SMARTS) is 1. The summed E-state index contributed by atoms with van der Waals surface area (Å²) in [5.41, 5.74) is 1.04. The zero-order valence-electron chi connectivity index (χ0n) is 19.2. The van der Waals surface area contributed by atoms with Crippen LogP contribution in [0.5, 0.6) is 17.2 Å². The van der Waals surface area contributed by atoms with Crippen molar-refractivity contribution in [2.75, 3.05) is 25.6 Å².